The normalized spacial score (nSPS) is 9.83. The Labute approximate surface area is 81.4 Å². The van der Waals surface area contributed by atoms with Gasteiger partial charge < -0.3 is 5.32 Å². The SMILES string of the molecule is Cc1cscc1CNC(=O)CS. The van der Waals surface area contributed by atoms with E-state index in [0.29, 0.717) is 6.54 Å². The van der Waals surface area contributed by atoms with Crippen LogP contribution in [0.2, 0.25) is 0 Å². The Morgan fingerprint density at radius 2 is 2.42 bits per heavy atom. The third-order valence-corrected chi connectivity index (χ3v) is 2.78. The van der Waals surface area contributed by atoms with Gasteiger partial charge in [-0.2, -0.15) is 24.0 Å². The van der Waals surface area contributed by atoms with E-state index in [4.69, 9.17) is 0 Å². The molecule has 0 atom stereocenters. The molecular formula is C8H11NOS2. The Bertz CT molecular complexity index is 270. The van der Waals surface area contributed by atoms with Crippen molar-refractivity contribution in [2.24, 2.45) is 0 Å². The summed E-state index contributed by atoms with van der Waals surface area (Å²) in [5, 5.41) is 6.89. The van der Waals surface area contributed by atoms with E-state index in [1.54, 1.807) is 11.3 Å². The molecule has 1 aromatic rings. The zero-order valence-corrected chi connectivity index (χ0v) is 8.54. The minimum atomic E-state index is -0.0241. The van der Waals surface area contributed by atoms with Crippen molar-refractivity contribution in [1.82, 2.24) is 5.32 Å². The third kappa shape index (κ3) is 2.53. The van der Waals surface area contributed by atoms with Gasteiger partial charge in [-0.05, 0) is 28.8 Å². The highest BCUT2D eigenvalue weighted by atomic mass is 32.1. The van der Waals surface area contributed by atoms with Crippen LogP contribution in [0, 0.1) is 6.92 Å². The molecule has 0 aromatic carbocycles. The fraction of sp³-hybridized carbons (Fsp3) is 0.375. The first-order valence-corrected chi connectivity index (χ1v) is 5.21. The molecule has 0 spiro atoms. The Morgan fingerprint density at radius 3 is 2.92 bits per heavy atom. The number of carbonyl (C=O) groups excluding carboxylic acids is 1. The zero-order chi connectivity index (χ0) is 8.97. The van der Waals surface area contributed by atoms with Crippen LogP contribution in [0.1, 0.15) is 11.1 Å². The topological polar surface area (TPSA) is 29.1 Å². The summed E-state index contributed by atoms with van der Waals surface area (Å²) >= 11 is 5.52. The zero-order valence-electron chi connectivity index (χ0n) is 6.83. The number of carbonyl (C=O) groups is 1. The molecule has 0 saturated heterocycles. The van der Waals surface area contributed by atoms with E-state index in [-0.39, 0.29) is 11.7 Å². The van der Waals surface area contributed by atoms with Gasteiger partial charge in [-0.25, -0.2) is 0 Å². The minimum Gasteiger partial charge on any atom is -0.351 e. The second-order valence-corrected chi connectivity index (χ2v) is 3.57. The lowest BCUT2D eigenvalue weighted by molar-refractivity contribution is -0.118. The van der Waals surface area contributed by atoms with E-state index in [0.717, 1.165) is 0 Å². The molecule has 0 saturated carbocycles. The summed E-state index contributed by atoms with van der Waals surface area (Å²) in [5.74, 6) is 0.229. The van der Waals surface area contributed by atoms with Crippen molar-refractivity contribution in [3.8, 4) is 0 Å². The molecule has 0 bridgehead atoms. The standard InChI is InChI=1S/C8H11NOS2/c1-6-4-12-5-7(6)2-9-8(10)3-11/h4-5,11H,2-3H2,1H3,(H,9,10). The van der Waals surface area contributed by atoms with Crippen LogP contribution in [0.4, 0.5) is 0 Å². The van der Waals surface area contributed by atoms with Crippen LogP contribution in [0.5, 0.6) is 0 Å². The van der Waals surface area contributed by atoms with Gasteiger partial charge in [-0.3, -0.25) is 4.79 Å². The molecule has 1 amide bonds. The van der Waals surface area contributed by atoms with Crippen LogP contribution < -0.4 is 5.32 Å². The van der Waals surface area contributed by atoms with Crippen molar-refractivity contribution in [2.75, 3.05) is 5.75 Å². The van der Waals surface area contributed by atoms with Crippen molar-refractivity contribution in [3.63, 3.8) is 0 Å². The van der Waals surface area contributed by atoms with Crippen molar-refractivity contribution >= 4 is 29.9 Å². The first-order valence-electron chi connectivity index (χ1n) is 3.63. The van der Waals surface area contributed by atoms with Gasteiger partial charge in [0.25, 0.3) is 0 Å². The van der Waals surface area contributed by atoms with Crippen molar-refractivity contribution in [2.45, 2.75) is 13.5 Å². The molecule has 0 aliphatic rings. The van der Waals surface area contributed by atoms with Gasteiger partial charge in [-0.1, -0.05) is 0 Å². The Hall–Kier alpha value is -0.480. The molecule has 1 rings (SSSR count). The minimum absolute atomic E-state index is 0.0241. The van der Waals surface area contributed by atoms with Crippen LogP contribution >= 0.6 is 24.0 Å². The summed E-state index contributed by atoms with van der Waals surface area (Å²) in [6.07, 6.45) is 0. The molecular weight excluding hydrogens is 190 g/mol. The first kappa shape index (κ1) is 9.61. The lowest BCUT2D eigenvalue weighted by Crippen LogP contribution is -2.23. The van der Waals surface area contributed by atoms with E-state index in [1.165, 1.54) is 11.1 Å². The number of thiol groups is 1. The average Bonchev–Trinajstić information content (AvgIpc) is 2.47. The molecule has 0 fully saturated rings. The largest absolute Gasteiger partial charge is 0.351 e. The van der Waals surface area contributed by atoms with E-state index < -0.39 is 0 Å². The van der Waals surface area contributed by atoms with Crippen molar-refractivity contribution in [3.05, 3.63) is 21.9 Å². The second kappa shape index (κ2) is 4.52. The van der Waals surface area contributed by atoms with Gasteiger partial charge in [0.2, 0.25) is 5.91 Å². The van der Waals surface area contributed by atoms with Gasteiger partial charge in [0, 0.05) is 6.54 Å². The highest BCUT2D eigenvalue weighted by molar-refractivity contribution is 7.81. The molecule has 1 N–H and O–H groups in total. The highest BCUT2D eigenvalue weighted by Crippen LogP contribution is 2.12. The summed E-state index contributed by atoms with van der Waals surface area (Å²) in [7, 11) is 0. The molecule has 1 aromatic heterocycles. The lowest BCUT2D eigenvalue weighted by Gasteiger charge is -2.01. The maximum absolute atomic E-state index is 10.8. The second-order valence-electron chi connectivity index (χ2n) is 2.51. The molecule has 66 valence electrons. The monoisotopic (exact) mass is 201 g/mol. The van der Waals surface area contributed by atoms with E-state index in [9.17, 15) is 4.79 Å². The van der Waals surface area contributed by atoms with Gasteiger partial charge in [0.1, 0.15) is 0 Å². The number of amides is 1. The highest BCUT2D eigenvalue weighted by Gasteiger charge is 2.00. The smallest absolute Gasteiger partial charge is 0.229 e. The predicted octanol–water partition coefficient (Wildman–Crippen LogP) is 1.60. The third-order valence-electron chi connectivity index (χ3n) is 1.58. The molecule has 2 nitrogen and oxygen atoms in total. The number of thiophene rings is 1. The molecule has 1 heterocycles. The lowest BCUT2D eigenvalue weighted by atomic mass is 10.2. The Morgan fingerprint density at radius 1 is 1.67 bits per heavy atom. The molecule has 0 radical (unpaired) electrons. The number of rotatable bonds is 3. The van der Waals surface area contributed by atoms with Crippen LogP contribution in [-0.2, 0) is 11.3 Å². The Kier molecular flexibility index (Phi) is 3.62. The fourth-order valence-electron chi connectivity index (χ4n) is 0.818. The van der Waals surface area contributed by atoms with Crippen LogP contribution in [-0.4, -0.2) is 11.7 Å². The van der Waals surface area contributed by atoms with E-state index in [1.807, 2.05) is 12.3 Å². The van der Waals surface area contributed by atoms with Crippen LogP contribution in [0.15, 0.2) is 10.8 Å². The maximum atomic E-state index is 10.8. The first-order chi connectivity index (χ1) is 5.74. The Balaban J connectivity index is 2.43. The number of aryl methyl sites for hydroxylation is 1. The molecule has 0 aliphatic heterocycles. The van der Waals surface area contributed by atoms with Gasteiger partial charge >= 0.3 is 0 Å². The number of nitrogens with one attached hydrogen (secondary N) is 1. The predicted molar refractivity (Wildman–Crippen MR) is 54.8 cm³/mol. The summed E-state index contributed by atoms with van der Waals surface area (Å²) in [6.45, 7) is 2.66. The van der Waals surface area contributed by atoms with Gasteiger partial charge in [0.15, 0.2) is 0 Å². The summed E-state index contributed by atoms with van der Waals surface area (Å²) in [6, 6.07) is 0. The van der Waals surface area contributed by atoms with Gasteiger partial charge in [0.05, 0.1) is 5.75 Å². The van der Waals surface area contributed by atoms with Crippen LogP contribution in [0.25, 0.3) is 0 Å². The van der Waals surface area contributed by atoms with E-state index >= 15 is 0 Å². The van der Waals surface area contributed by atoms with Crippen molar-refractivity contribution < 1.29 is 4.79 Å². The van der Waals surface area contributed by atoms with Gasteiger partial charge in [-0.15, -0.1) is 0 Å². The van der Waals surface area contributed by atoms with Crippen LogP contribution in [0.3, 0.4) is 0 Å². The number of hydrogen-bond acceptors (Lipinski definition) is 3. The summed E-state index contributed by atoms with van der Waals surface area (Å²) in [5.41, 5.74) is 2.43. The quantitative estimate of drug-likeness (QED) is 0.715. The summed E-state index contributed by atoms with van der Waals surface area (Å²) in [4.78, 5) is 10.8. The molecule has 4 heteroatoms. The number of hydrogen-bond donors (Lipinski definition) is 2. The maximum Gasteiger partial charge on any atom is 0.229 e. The van der Waals surface area contributed by atoms with Crippen molar-refractivity contribution in [1.29, 1.82) is 0 Å². The fourth-order valence-corrected chi connectivity index (χ4v) is 1.79. The molecule has 0 unspecified atom stereocenters. The molecule has 0 aliphatic carbocycles. The molecule has 12 heavy (non-hydrogen) atoms. The summed E-state index contributed by atoms with van der Waals surface area (Å²) < 4.78 is 0. The average molecular weight is 201 g/mol. The van der Waals surface area contributed by atoms with E-state index in [2.05, 4.69) is 23.3 Å².